The van der Waals surface area contributed by atoms with E-state index in [1.807, 2.05) is 6.08 Å². The quantitative estimate of drug-likeness (QED) is 0.325. The monoisotopic (exact) mass is 381 g/mol. The number of unbranched alkanes of at least 4 members (excludes halogenated alkanes) is 3. The van der Waals surface area contributed by atoms with E-state index >= 15 is 0 Å². The number of ether oxygens (including phenoxy) is 4. The number of carbonyl (C=O) groups excluding carboxylic acids is 2. The van der Waals surface area contributed by atoms with Crippen LogP contribution in [0.25, 0.3) is 0 Å². The first-order chi connectivity index (χ1) is 12.9. The van der Waals surface area contributed by atoms with Crippen LogP contribution in [-0.4, -0.2) is 43.7 Å². The lowest BCUT2D eigenvalue weighted by Gasteiger charge is -2.42. The second kappa shape index (κ2) is 12.5. The number of carbonyl (C=O) groups is 2. The smallest absolute Gasteiger partial charge is 0.303 e. The molecular formula is C20H31NO6. The van der Waals surface area contributed by atoms with Crippen molar-refractivity contribution >= 4 is 11.9 Å². The molecule has 0 radical (unpaired) electrons. The summed E-state index contributed by atoms with van der Waals surface area (Å²) in [5, 5.41) is 9.25. The van der Waals surface area contributed by atoms with E-state index in [4.69, 9.17) is 18.9 Å². The molecule has 1 heterocycles. The Balaban J connectivity index is 3.04. The second-order valence-electron chi connectivity index (χ2n) is 6.67. The van der Waals surface area contributed by atoms with Gasteiger partial charge in [-0.05, 0) is 18.9 Å². The van der Waals surface area contributed by atoms with E-state index in [1.54, 1.807) is 6.08 Å². The van der Waals surface area contributed by atoms with Gasteiger partial charge in [-0.25, -0.2) is 0 Å². The highest BCUT2D eigenvalue weighted by molar-refractivity contribution is 5.66. The molecule has 0 bridgehead atoms. The topological polar surface area (TPSA) is 94.8 Å². The van der Waals surface area contributed by atoms with E-state index in [-0.39, 0.29) is 6.42 Å². The molecule has 27 heavy (non-hydrogen) atoms. The maximum atomic E-state index is 11.6. The summed E-state index contributed by atoms with van der Waals surface area (Å²) >= 11 is 0. The maximum Gasteiger partial charge on any atom is 0.303 e. The van der Waals surface area contributed by atoms with Crippen molar-refractivity contribution in [2.75, 3.05) is 7.11 Å². The molecule has 0 N–H and O–H groups in total. The van der Waals surface area contributed by atoms with Crippen molar-refractivity contribution in [3.05, 3.63) is 12.2 Å². The number of esters is 2. The summed E-state index contributed by atoms with van der Waals surface area (Å²) in [5.41, 5.74) is 0. The summed E-state index contributed by atoms with van der Waals surface area (Å²) in [7, 11) is 1.50. The molecule has 1 rings (SSSR count). The molecule has 0 aromatic heterocycles. The Morgan fingerprint density at radius 2 is 2.04 bits per heavy atom. The van der Waals surface area contributed by atoms with E-state index in [0.29, 0.717) is 6.42 Å². The predicted octanol–water partition coefficient (Wildman–Crippen LogP) is 3.28. The van der Waals surface area contributed by atoms with E-state index in [2.05, 4.69) is 13.0 Å². The standard InChI is InChI=1S/C20H31NO6/c1-5-6-7-8-9-10-17(25-14(2)22)20-16(11-12-21)18(26-15(3)23)13-19(24-4)27-20/h9-10,16-20H,5-8,11,13H2,1-4H3/b10-9+/t16-,17-,18+,19?,20-/m0/s1. The van der Waals surface area contributed by atoms with Crippen LogP contribution in [0.4, 0.5) is 0 Å². The van der Waals surface area contributed by atoms with Crippen LogP contribution in [0.15, 0.2) is 12.2 Å². The van der Waals surface area contributed by atoms with Gasteiger partial charge in [0.15, 0.2) is 6.29 Å². The molecule has 0 saturated carbocycles. The number of hydrogen-bond acceptors (Lipinski definition) is 7. The van der Waals surface area contributed by atoms with Gasteiger partial charge in [0.1, 0.15) is 18.3 Å². The van der Waals surface area contributed by atoms with Crippen LogP contribution >= 0.6 is 0 Å². The molecule has 0 aromatic rings. The molecule has 0 aliphatic carbocycles. The lowest BCUT2D eigenvalue weighted by molar-refractivity contribution is -0.248. The SMILES string of the molecule is CCCCC/C=C/[C@H](OC(C)=O)[C@H]1OC(OC)C[C@@H](OC(C)=O)[C@@H]1CC#N. The van der Waals surface area contributed by atoms with Gasteiger partial charge in [-0.15, -0.1) is 0 Å². The van der Waals surface area contributed by atoms with Gasteiger partial charge >= 0.3 is 11.9 Å². The zero-order valence-corrected chi connectivity index (χ0v) is 16.7. The third-order valence-corrected chi connectivity index (χ3v) is 4.47. The lowest BCUT2D eigenvalue weighted by atomic mass is 9.85. The number of methoxy groups -OCH3 is 1. The molecule has 0 amide bonds. The summed E-state index contributed by atoms with van der Waals surface area (Å²) in [4.78, 5) is 23.1. The summed E-state index contributed by atoms with van der Waals surface area (Å²) in [6.07, 6.45) is 5.88. The highest BCUT2D eigenvalue weighted by Gasteiger charge is 2.44. The number of nitrogens with zero attached hydrogens (tertiary/aromatic N) is 1. The second-order valence-corrected chi connectivity index (χ2v) is 6.67. The van der Waals surface area contributed by atoms with Crippen molar-refractivity contribution in [3.63, 3.8) is 0 Å². The van der Waals surface area contributed by atoms with Crippen molar-refractivity contribution in [2.24, 2.45) is 5.92 Å². The summed E-state index contributed by atoms with van der Waals surface area (Å²) in [5.74, 6) is -1.30. The minimum Gasteiger partial charge on any atom is -0.462 e. The molecular weight excluding hydrogens is 350 g/mol. The Labute approximate surface area is 161 Å². The van der Waals surface area contributed by atoms with Crippen molar-refractivity contribution < 1.29 is 28.5 Å². The average molecular weight is 381 g/mol. The first kappa shape index (κ1) is 23.1. The van der Waals surface area contributed by atoms with Gasteiger partial charge < -0.3 is 18.9 Å². The Morgan fingerprint density at radius 3 is 2.59 bits per heavy atom. The molecule has 1 aliphatic heterocycles. The van der Waals surface area contributed by atoms with E-state index in [1.165, 1.54) is 21.0 Å². The average Bonchev–Trinajstić information content (AvgIpc) is 2.61. The first-order valence-electron chi connectivity index (χ1n) is 9.49. The molecule has 1 fully saturated rings. The van der Waals surface area contributed by atoms with E-state index in [0.717, 1.165) is 25.7 Å². The van der Waals surface area contributed by atoms with E-state index in [9.17, 15) is 14.9 Å². The van der Waals surface area contributed by atoms with Crippen molar-refractivity contribution in [2.45, 2.75) is 83.9 Å². The summed E-state index contributed by atoms with van der Waals surface area (Å²) in [6, 6.07) is 2.12. The zero-order valence-electron chi connectivity index (χ0n) is 16.7. The Hall–Kier alpha value is -1.91. The molecule has 0 spiro atoms. The van der Waals surface area contributed by atoms with Crippen molar-refractivity contribution in [1.82, 2.24) is 0 Å². The van der Waals surface area contributed by atoms with Gasteiger partial charge in [-0.2, -0.15) is 5.26 Å². The zero-order chi connectivity index (χ0) is 20.2. The van der Waals surface area contributed by atoms with Gasteiger partial charge in [-0.1, -0.05) is 25.8 Å². The van der Waals surface area contributed by atoms with Crippen LogP contribution < -0.4 is 0 Å². The minimum atomic E-state index is -0.682. The normalized spacial score (nSPS) is 26.3. The molecule has 152 valence electrons. The number of allylic oxidation sites excluding steroid dienone is 1. The van der Waals surface area contributed by atoms with Crippen LogP contribution in [0.3, 0.4) is 0 Å². The van der Waals surface area contributed by atoms with Gasteiger partial charge in [0.25, 0.3) is 0 Å². The van der Waals surface area contributed by atoms with E-state index < -0.39 is 42.5 Å². The number of rotatable bonds is 10. The van der Waals surface area contributed by atoms with Gasteiger partial charge in [0.05, 0.1) is 6.07 Å². The largest absolute Gasteiger partial charge is 0.462 e. The molecule has 1 saturated heterocycles. The minimum absolute atomic E-state index is 0.112. The molecule has 5 atom stereocenters. The highest BCUT2D eigenvalue weighted by Crippen LogP contribution is 2.34. The molecule has 1 aliphatic rings. The highest BCUT2D eigenvalue weighted by atomic mass is 16.7. The fourth-order valence-corrected chi connectivity index (χ4v) is 3.23. The first-order valence-corrected chi connectivity index (χ1v) is 9.49. The van der Waals surface area contributed by atoms with Crippen LogP contribution in [0.1, 0.15) is 59.3 Å². The molecule has 7 heteroatoms. The van der Waals surface area contributed by atoms with Crippen LogP contribution in [0, 0.1) is 17.2 Å². The van der Waals surface area contributed by atoms with Crippen LogP contribution in [0.5, 0.6) is 0 Å². The molecule has 1 unspecified atom stereocenters. The fraction of sp³-hybridized carbons (Fsp3) is 0.750. The third kappa shape index (κ3) is 8.10. The van der Waals surface area contributed by atoms with Crippen molar-refractivity contribution in [1.29, 1.82) is 5.26 Å². The molecule has 0 aromatic carbocycles. The van der Waals surface area contributed by atoms with Crippen LogP contribution in [0.2, 0.25) is 0 Å². The van der Waals surface area contributed by atoms with Crippen molar-refractivity contribution in [3.8, 4) is 6.07 Å². The number of nitriles is 1. The Kier molecular flexibility index (Phi) is 10.7. The molecule has 7 nitrogen and oxygen atoms in total. The summed E-state index contributed by atoms with van der Waals surface area (Å²) in [6.45, 7) is 4.79. The fourth-order valence-electron chi connectivity index (χ4n) is 3.23. The maximum absolute atomic E-state index is 11.6. The van der Waals surface area contributed by atoms with Gasteiger partial charge in [0.2, 0.25) is 0 Å². The predicted molar refractivity (Wildman–Crippen MR) is 98.4 cm³/mol. The Morgan fingerprint density at radius 1 is 1.30 bits per heavy atom. The summed E-state index contributed by atoms with van der Waals surface area (Å²) < 4.78 is 22.2. The number of hydrogen-bond donors (Lipinski definition) is 0. The third-order valence-electron chi connectivity index (χ3n) is 4.47. The van der Waals surface area contributed by atoms with Crippen LogP contribution in [-0.2, 0) is 28.5 Å². The van der Waals surface area contributed by atoms with Gasteiger partial charge in [0, 0.05) is 39.7 Å². The lowest BCUT2D eigenvalue weighted by Crippen LogP contribution is -2.51. The Bertz CT molecular complexity index is 541. The van der Waals surface area contributed by atoms with Gasteiger partial charge in [-0.3, -0.25) is 9.59 Å².